The Hall–Kier alpha value is -0.640. The zero-order valence-electron chi connectivity index (χ0n) is 17.7. The fourth-order valence-electron chi connectivity index (χ4n) is 4.05. The predicted molar refractivity (Wildman–Crippen MR) is 101 cm³/mol. The molecular formula is C18H32O16. The van der Waals surface area contributed by atoms with E-state index in [9.17, 15) is 56.2 Å². The van der Waals surface area contributed by atoms with E-state index in [-0.39, 0.29) is 0 Å². The molecule has 0 radical (unpaired) electrons. The highest BCUT2D eigenvalue weighted by atomic mass is 16.7. The fraction of sp³-hybridized carbons (Fsp3) is 1.00. The summed E-state index contributed by atoms with van der Waals surface area (Å²) in [4.78, 5) is 0. The van der Waals surface area contributed by atoms with Gasteiger partial charge < -0.3 is 79.9 Å². The summed E-state index contributed by atoms with van der Waals surface area (Å²) in [6, 6.07) is 0. The molecule has 0 spiro atoms. The van der Waals surface area contributed by atoms with Gasteiger partial charge in [0.15, 0.2) is 18.9 Å². The van der Waals surface area contributed by atoms with Crippen molar-refractivity contribution in [3.63, 3.8) is 0 Å². The van der Waals surface area contributed by atoms with Gasteiger partial charge in [-0.1, -0.05) is 0 Å². The molecule has 11 N–H and O–H groups in total. The molecule has 0 aromatic carbocycles. The van der Waals surface area contributed by atoms with Gasteiger partial charge in [-0.15, -0.1) is 0 Å². The second-order valence-corrected chi connectivity index (χ2v) is 8.33. The maximum atomic E-state index is 10.6. The molecule has 15 atom stereocenters. The Morgan fingerprint density at radius 1 is 0.441 bits per heavy atom. The molecule has 0 amide bonds. The van der Waals surface area contributed by atoms with Crippen LogP contribution < -0.4 is 0 Å². The Balaban J connectivity index is 1.72. The number of hydrogen-bond donors (Lipinski definition) is 11. The van der Waals surface area contributed by atoms with E-state index in [1.807, 2.05) is 0 Å². The SMILES string of the molecule is OC[C@H]1O[C@@H](O[C@@H]2[C@H](O)[C@@H](O)[C@H](O[C@H]3[C@H](O)[C@@H](CO)OC(O)[C@@H]3O)O[C@@H]2CO)[C@H](O)[C@@H](O)[C@H]1O. The third-order valence-corrected chi connectivity index (χ3v) is 6.09. The number of rotatable bonds is 7. The van der Waals surface area contributed by atoms with Crippen LogP contribution in [0.4, 0.5) is 0 Å². The maximum absolute atomic E-state index is 10.6. The molecule has 0 aromatic heterocycles. The lowest BCUT2D eigenvalue weighted by Crippen LogP contribution is -2.66. The van der Waals surface area contributed by atoms with E-state index in [0.29, 0.717) is 0 Å². The maximum Gasteiger partial charge on any atom is 0.187 e. The molecule has 0 aliphatic carbocycles. The first-order valence-corrected chi connectivity index (χ1v) is 10.6. The molecule has 3 fully saturated rings. The summed E-state index contributed by atoms with van der Waals surface area (Å²) >= 11 is 0. The first kappa shape index (κ1) is 27.9. The van der Waals surface area contributed by atoms with Gasteiger partial charge in [0.05, 0.1) is 19.8 Å². The molecule has 0 saturated carbocycles. The van der Waals surface area contributed by atoms with E-state index < -0.39 is 112 Å². The lowest BCUT2D eigenvalue weighted by atomic mass is 9.96. The third-order valence-electron chi connectivity index (χ3n) is 6.09. The highest BCUT2D eigenvalue weighted by molar-refractivity contribution is 4.96. The summed E-state index contributed by atoms with van der Waals surface area (Å²) in [5.74, 6) is 0. The van der Waals surface area contributed by atoms with Crippen LogP contribution in [0.3, 0.4) is 0 Å². The lowest BCUT2D eigenvalue weighted by Gasteiger charge is -2.47. The van der Waals surface area contributed by atoms with Gasteiger partial charge in [0.1, 0.15) is 73.2 Å². The van der Waals surface area contributed by atoms with Crippen molar-refractivity contribution in [1.82, 2.24) is 0 Å². The molecule has 3 aliphatic heterocycles. The number of aliphatic hydroxyl groups excluding tert-OH is 11. The van der Waals surface area contributed by atoms with Gasteiger partial charge in [-0.2, -0.15) is 0 Å². The summed E-state index contributed by atoms with van der Waals surface area (Å²) in [5.41, 5.74) is 0. The average molecular weight is 504 g/mol. The van der Waals surface area contributed by atoms with Crippen LogP contribution in [0, 0.1) is 0 Å². The van der Waals surface area contributed by atoms with Gasteiger partial charge in [0.25, 0.3) is 0 Å². The summed E-state index contributed by atoms with van der Waals surface area (Å²) in [7, 11) is 0. The number of aliphatic hydroxyl groups is 11. The average Bonchev–Trinajstić information content (AvgIpc) is 2.83. The molecule has 16 nitrogen and oxygen atoms in total. The van der Waals surface area contributed by atoms with Gasteiger partial charge in [-0.3, -0.25) is 0 Å². The van der Waals surface area contributed by atoms with Crippen LogP contribution in [0.1, 0.15) is 0 Å². The van der Waals surface area contributed by atoms with Crippen molar-refractivity contribution in [3.8, 4) is 0 Å². The molecule has 3 heterocycles. The molecule has 34 heavy (non-hydrogen) atoms. The topological polar surface area (TPSA) is 269 Å². The largest absolute Gasteiger partial charge is 0.394 e. The zero-order chi connectivity index (χ0) is 25.3. The highest BCUT2D eigenvalue weighted by Crippen LogP contribution is 2.32. The van der Waals surface area contributed by atoms with Gasteiger partial charge in [0.2, 0.25) is 0 Å². The van der Waals surface area contributed by atoms with E-state index >= 15 is 0 Å². The monoisotopic (exact) mass is 504 g/mol. The zero-order valence-corrected chi connectivity index (χ0v) is 17.7. The third kappa shape index (κ3) is 5.37. The van der Waals surface area contributed by atoms with Gasteiger partial charge in [-0.25, -0.2) is 0 Å². The Kier molecular flexibility index (Phi) is 9.54. The molecule has 200 valence electrons. The minimum atomic E-state index is -1.93. The number of hydrogen-bond acceptors (Lipinski definition) is 16. The van der Waals surface area contributed by atoms with Crippen molar-refractivity contribution < 1.29 is 79.9 Å². The van der Waals surface area contributed by atoms with E-state index in [1.165, 1.54) is 0 Å². The predicted octanol–water partition coefficient (Wildman–Crippen LogP) is -7.57. The first-order valence-electron chi connectivity index (χ1n) is 10.6. The van der Waals surface area contributed by atoms with Crippen LogP contribution in [0.25, 0.3) is 0 Å². The molecule has 3 saturated heterocycles. The molecular weight excluding hydrogens is 472 g/mol. The van der Waals surface area contributed by atoms with E-state index in [4.69, 9.17) is 23.7 Å². The van der Waals surface area contributed by atoms with Crippen LogP contribution in [0.15, 0.2) is 0 Å². The van der Waals surface area contributed by atoms with Gasteiger partial charge in [-0.05, 0) is 0 Å². The van der Waals surface area contributed by atoms with Crippen molar-refractivity contribution >= 4 is 0 Å². The lowest BCUT2D eigenvalue weighted by molar-refractivity contribution is -0.378. The smallest absolute Gasteiger partial charge is 0.187 e. The minimum absolute atomic E-state index is 0.740. The molecule has 1 unspecified atom stereocenters. The molecule has 0 aromatic rings. The second-order valence-electron chi connectivity index (χ2n) is 8.33. The summed E-state index contributed by atoms with van der Waals surface area (Å²) in [5, 5.41) is 109. The van der Waals surface area contributed by atoms with E-state index in [1.54, 1.807) is 0 Å². The van der Waals surface area contributed by atoms with E-state index in [0.717, 1.165) is 0 Å². The van der Waals surface area contributed by atoms with Crippen LogP contribution >= 0.6 is 0 Å². The first-order chi connectivity index (χ1) is 16.0. The van der Waals surface area contributed by atoms with Crippen molar-refractivity contribution in [2.45, 2.75) is 92.1 Å². The van der Waals surface area contributed by atoms with Crippen LogP contribution in [0.5, 0.6) is 0 Å². The molecule has 16 heteroatoms. The Labute approximate surface area is 192 Å². The van der Waals surface area contributed by atoms with Crippen LogP contribution in [-0.4, -0.2) is 168 Å². The van der Waals surface area contributed by atoms with E-state index in [2.05, 4.69) is 0 Å². The number of ether oxygens (including phenoxy) is 5. The summed E-state index contributed by atoms with van der Waals surface area (Å²) in [6.45, 7) is -2.31. The quantitative estimate of drug-likeness (QED) is 0.154. The normalized spacial score (nSPS) is 52.5. The van der Waals surface area contributed by atoms with Crippen LogP contribution in [-0.2, 0) is 23.7 Å². The van der Waals surface area contributed by atoms with Crippen molar-refractivity contribution in [2.75, 3.05) is 19.8 Å². The Bertz CT molecular complexity index is 637. The van der Waals surface area contributed by atoms with Crippen LogP contribution in [0.2, 0.25) is 0 Å². The fourth-order valence-corrected chi connectivity index (χ4v) is 4.05. The minimum Gasteiger partial charge on any atom is -0.394 e. The highest BCUT2D eigenvalue weighted by Gasteiger charge is 2.53. The molecule has 3 rings (SSSR count). The second kappa shape index (κ2) is 11.6. The summed E-state index contributed by atoms with van der Waals surface area (Å²) in [6.07, 6.45) is -25.3. The van der Waals surface area contributed by atoms with Gasteiger partial charge >= 0.3 is 0 Å². The molecule has 0 bridgehead atoms. The van der Waals surface area contributed by atoms with Gasteiger partial charge in [0, 0.05) is 0 Å². The van der Waals surface area contributed by atoms with Crippen molar-refractivity contribution in [2.24, 2.45) is 0 Å². The Morgan fingerprint density at radius 2 is 0.912 bits per heavy atom. The van der Waals surface area contributed by atoms with Crippen molar-refractivity contribution in [1.29, 1.82) is 0 Å². The summed E-state index contributed by atoms with van der Waals surface area (Å²) < 4.78 is 26.2. The Morgan fingerprint density at radius 3 is 1.47 bits per heavy atom. The van der Waals surface area contributed by atoms with Crippen molar-refractivity contribution in [3.05, 3.63) is 0 Å². The standard InChI is InChI=1S/C18H32O16/c19-1-4-7(22)9(24)11(26)17(31-4)33-14-6(3-21)32-18(12(27)10(14)25)34-15-8(23)5(2-20)30-16(29)13(15)28/h4-29H,1-3H2/t4-,5-,6-,7+,8-,9+,10-,11-,12-,13-,14+,15+,16?,17+,18+/m1/s1. The molecule has 3 aliphatic rings.